The van der Waals surface area contributed by atoms with Crippen LogP contribution in [0.3, 0.4) is 0 Å². The van der Waals surface area contributed by atoms with Gasteiger partial charge in [-0.3, -0.25) is 4.57 Å². The third-order valence-corrected chi connectivity index (χ3v) is 2.07. The predicted molar refractivity (Wildman–Crippen MR) is 53.5 cm³/mol. The Bertz CT molecular complexity index is 324. The van der Waals surface area contributed by atoms with E-state index >= 15 is 0 Å². The maximum absolute atomic E-state index is 11.1. The van der Waals surface area contributed by atoms with Crippen molar-refractivity contribution in [3.05, 3.63) is 27.9 Å². The smallest absolute Gasteiger partial charge is 0.298 e. The fraction of sp³-hybridized carbons (Fsp3) is 0.500. The third-order valence-electron chi connectivity index (χ3n) is 1.61. The summed E-state index contributed by atoms with van der Waals surface area (Å²) in [6.07, 6.45) is 4.69. The normalized spacial score (nSPS) is 10.3. The topological polar surface area (TPSA) is 34.9 Å². The highest BCUT2D eigenvalue weighted by Crippen LogP contribution is 2.02. The molecule has 0 spiro atoms. The maximum Gasteiger partial charge on any atom is 0.347 e. The van der Waals surface area contributed by atoms with Gasteiger partial charge in [-0.15, -0.1) is 11.6 Å². The van der Waals surface area contributed by atoms with Gasteiger partial charge in [0.1, 0.15) is 0 Å². The van der Waals surface area contributed by atoms with E-state index < -0.39 is 0 Å². The molecule has 0 saturated heterocycles. The molecule has 0 amide bonds. The van der Waals surface area contributed by atoms with Crippen LogP contribution in [0.4, 0.5) is 0 Å². The molecule has 0 unspecified atom stereocenters. The zero-order chi connectivity index (χ0) is 9.68. The van der Waals surface area contributed by atoms with E-state index in [1.807, 2.05) is 0 Å². The van der Waals surface area contributed by atoms with Crippen LogP contribution in [-0.4, -0.2) is 15.4 Å². The van der Waals surface area contributed by atoms with Gasteiger partial charge in [-0.1, -0.05) is 11.6 Å². The summed E-state index contributed by atoms with van der Waals surface area (Å²) in [5.41, 5.74) is -0.265. The Morgan fingerprint density at radius 3 is 2.92 bits per heavy atom. The van der Waals surface area contributed by atoms with Gasteiger partial charge in [-0.25, -0.2) is 9.78 Å². The first-order chi connectivity index (χ1) is 6.24. The molecular weight excluding hydrogens is 211 g/mol. The summed E-state index contributed by atoms with van der Waals surface area (Å²) in [6, 6.07) is 0. The van der Waals surface area contributed by atoms with E-state index in [4.69, 9.17) is 23.2 Å². The van der Waals surface area contributed by atoms with Crippen LogP contribution < -0.4 is 5.69 Å². The summed E-state index contributed by atoms with van der Waals surface area (Å²) < 4.78 is 1.49. The highest BCUT2D eigenvalue weighted by molar-refractivity contribution is 6.30. The van der Waals surface area contributed by atoms with Crippen molar-refractivity contribution in [2.45, 2.75) is 19.4 Å². The minimum Gasteiger partial charge on any atom is -0.298 e. The van der Waals surface area contributed by atoms with Gasteiger partial charge in [-0.05, 0) is 12.8 Å². The zero-order valence-electron chi connectivity index (χ0n) is 7.04. The number of nitrogens with zero attached hydrogens (tertiary/aromatic N) is 2. The Hall–Kier alpha value is -0.540. The minimum absolute atomic E-state index is 0.265. The molecule has 0 aliphatic rings. The number of halogens is 2. The molecule has 1 rings (SSSR count). The van der Waals surface area contributed by atoms with Gasteiger partial charge >= 0.3 is 5.69 Å². The van der Waals surface area contributed by atoms with Crippen molar-refractivity contribution in [3.8, 4) is 0 Å². The molecule has 1 aromatic rings. The number of alkyl halides is 1. The first kappa shape index (κ1) is 10.5. The quantitative estimate of drug-likeness (QED) is 0.575. The monoisotopic (exact) mass is 220 g/mol. The second-order valence-corrected chi connectivity index (χ2v) is 3.46. The van der Waals surface area contributed by atoms with E-state index in [0.29, 0.717) is 17.4 Å². The lowest BCUT2D eigenvalue weighted by Crippen LogP contribution is -2.21. The maximum atomic E-state index is 11.1. The van der Waals surface area contributed by atoms with Crippen LogP contribution in [0.15, 0.2) is 17.2 Å². The first-order valence-corrected chi connectivity index (χ1v) is 4.93. The molecule has 0 atom stereocenters. The lowest BCUT2D eigenvalue weighted by Gasteiger charge is -2.02. The molecule has 0 bridgehead atoms. The number of aryl methyl sites for hydroxylation is 1. The van der Waals surface area contributed by atoms with Crippen molar-refractivity contribution < 1.29 is 0 Å². The Morgan fingerprint density at radius 1 is 1.46 bits per heavy atom. The SMILES string of the molecule is O=c1ncc(Cl)cn1CCCCCl. The van der Waals surface area contributed by atoms with Crippen molar-refractivity contribution in [1.29, 1.82) is 0 Å². The van der Waals surface area contributed by atoms with Crippen LogP contribution in [0.5, 0.6) is 0 Å². The van der Waals surface area contributed by atoms with Gasteiger partial charge in [0.05, 0.1) is 11.2 Å². The average Bonchev–Trinajstić information content (AvgIpc) is 2.11. The van der Waals surface area contributed by atoms with Crippen LogP contribution in [0, 0.1) is 0 Å². The van der Waals surface area contributed by atoms with Gasteiger partial charge in [0.15, 0.2) is 0 Å². The largest absolute Gasteiger partial charge is 0.347 e. The summed E-state index contributed by atoms with van der Waals surface area (Å²) in [6.45, 7) is 0.624. The van der Waals surface area contributed by atoms with Gasteiger partial charge < -0.3 is 0 Å². The summed E-state index contributed by atoms with van der Waals surface area (Å²) >= 11 is 11.2. The van der Waals surface area contributed by atoms with E-state index in [2.05, 4.69) is 4.98 Å². The number of hydrogen-bond acceptors (Lipinski definition) is 2. The predicted octanol–water partition coefficient (Wildman–Crippen LogP) is 1.92. The standard InChI is InChI=1S/C8H10Cl2N2O/c9-3-1-2-4-12-6-7(10)5-11-8(12)13/h5-6H,1-4H2. The fourth-order valence-corrected chi connectivity index (χ4v) is 1.32. The molecule has 13 heavy (non-hydrogen) atoms. The van der Waals surface area contributed by atoms with Crippen LogP contribution in [0.2, 0.25) is 5.02 Å². The van der Waals surface area contributed by atoms with Crippen LogP contribution >= 0.6 is 23.2 Å². The molecule has 0 N–H and O–H groups in total. The Kier molecular flexibility index (Phi) is 4.25. The summed E-state index contributed by atoms with van der Waals surface area (Å²) in [5, 5.41) is 0.477. The summed E-state index contributed by atoms with van der Waals surface area (Å²) in [7, 11) is 0. The fourth-order valence-electron chi connectivity index (χ4n) is 0.965. The second kappa shape index (κ2) is 5.25. The van der Waals surface area contributed by atoms with E-state index in [1.165, 1.54) is 10.8 Å². The molecule has 3 nitrogen and oxygen atoms in total. The van der Waals surface area contributed by atoms with Gasteiger partial charge in [0.25, 0.3) is 0 Å². The van der Waals surface area contributed by atoms with Crippen molar-refractivity contribution >= 4 is 23.2 Å². The third kappa shape index (κ3) is 3.36. The Morgan fingerprint density at radius 2 is 2.23 bits per heavy atom. The molecule has 0 saturated carbocycles. The highest BCUT2D eigenvalue weighted by atomic mass is 35.5. The Labute approximate surface area is 86.3 Å². The van der Waals surface area contributed by atoms with Crippen molar-refractivity contribution in [3.63, 3.8) is 0 Å². The molecule has 72 valence electrons. The van der Waals surface area contributed by atoms with Gasteiger partial charge in [0.2, 0.25) is 0 Å². The Balaban J connectivity index is 2.65. The van der Waals surface area contributed by atoms with Crippen molar-refractivity contribution in [1.82, 2.24) is 9.55 Å². The average molecular weight is 221 g/mol. The summed E-state index contributed by atoms with van der Waals surface area (Å²) in [4.78, 5) is 14.7. The van der Waals surface area contributed by atoms with E-state index in [0.717, 1.165) is 12.8 Å². The summed E-state index contributed by atoms with van der Waals surface area (Å²) in [5.74, 6) is 0.614. The molecule has 0 fully saturated rings. The lowest BCUT2D eigenvalue weighted by atomic mass is 10.3. The molecule has 0 radical (unpaired) electrons. The molecule has 5 heteroatoms. The molecular formula is C8H10Cl2N2O. The highest BCUT2D eigenvalue weighted by Gasteiger charge is 1.97. The lowest BCUT2D eigenvalue weighted by molar-refractivity contribution is 0.601. The first-order valence-electron chi connectivity index (χ1n) is 4.02. The molecule has 0 aliphatic heterocycles. The minimum atomic E-state index is -0.265. The van der Waals surface area contributed by atoms with Gasteiger partial charge in [-0.2, -0.15) is 0 Å². The molecule has 0 aliphatic carbocycles. The van der Waals surface area contributed by atoms with Crippen LogP contribution in [0.25, 0.3) is 0 Å². The van der Waals surface area contributed by atoms with E-state index in [-0.39, 0.29) is 5.69 Å². The number of aromatic nitrogens is 2. The van der Waals surface area contributed by atoms with Crippen LogP contribution in [0.1, 0.15) is 12.8 Å². The number of hydrogen-bond donors (Lipinski definition) is 0. The second-order valence-electron chi connectivity index (χ2n) is 2.64. The zero-order valence-corrected chi connectivity index (χ0v) is 8.55. The molecule has 1 aromatic heterocycles. The molecule has 1 heterocycles. The van der Waals surface area contributed by atoms with E-state index in [1.54, 1.807) is 6.20 Å². The number of rotatable bonds is 4. The van der Waals surface area contributed by atoms with E-state index in [9.17, 15) is 4.79 Å². The van der Waals surface area contributed by atoms with Gasteiger partial charge in [0, 0.05) is 18.6 Å². The van der Waals surface area contributed by atoms with Crippen molar-refractivity contribution in [2.75, 3.05) is 5.88 Å². The van der Waals surface area contributed by atoms with Crippen LogP contribution in [-0.2, 0) is 6.54 Å². The van der Waals surface area contributed by atoms with Crippen molar-refractivity contribution in [2.24, 2.45) is 0 Å². The molecule has 0 aromatic carbocycles. The number of unbranched alkanes of at least 4 members (excludes halogenated alkanes) is 1.